The molecule has 5 rings (SSSR count). The molecule has 2 aliphatic rings. The SMILES string of the molecule is CCc1nnc(N2CCCC3(CCc4cnc(-c5ccccc5)nc43)C2)o1. The van der Waals surface area contributed by atoms with E-state index in [1.165, 1.54) is 11.3 Å². The van der Waals surface area contributed by atoms with E-state index in [0.717, 1.165) is 56.6 Å². The van der Waals surface area contributed by atoms with Gasteiger partial charge in [-0.15, -0.1) is 5.10 Å². The lowest BCUT2D eigenvalue weighted by molar-refractivity contribution is 0.321. The number of hydrogen-bond donors (Lipinski definition) is 0. The summed E-state index contributed by atoms with van der Waals surface area (Å²) in [5.74, 6) is 1.52. The first-order valence-corrected chi connectivity index (χ1v) is 9.76. The average molecular weight is 361 g/mol. The summed E-state index contributed by atoms with van der Waals surface area (Å²) >= 11 is 0. The Kier molecular flexibility index (Phi) is 3.92. The molecule has 0 bridgehead atoms. The van der Waals surface area contributed by atoms with Crippen LogP contribution in [0.4, 0.5) is 6.01 Å². The molecule has 6 heteroatoms. The molecule has 1 spiro atoms. The number of hydrogen-bond acceptors (Lipinski definition) is 6. The third-order valence-corrected chi connectivity index (χ3v) is 5.88. The number of fused-ring (bicyclic) bond motifs is 2. The van der Waals surface area contributed by atoms with Crippen LogP contribution in [0.25, 0.3) is 11.4 Å². The van der Waals surface area contributed by atoms with Crippen LogP contribution in [0.1, 0.15) is 43.3 Å². The molecule has 1 saturated heterocycles. The predicted octanol–water partition coefficient (Wildman–Crippen LogP) is 3.57. The van der Waals surface area contributed by atoms with E-state index >= 15 is 0 Å². The zero-order valence-electron chi connectivity index (χ0n) is 15.6. The van der Waals surface area contributed by atoms with Crippen molar-refractivity contribution < 1.29 is 4.42 Å². The van der Waals surface area contributed by atoms with Crippen LogP contribution in [0, 0.1) is 0 Å². The summed E-state index contributed by atoms with van der Waals surface area (Å²) in [5.41, 5.74) is 3.63. The van der Waals surface area contributed by atoms with Crippen LogP contribution in [-0.4, -0.2) is 33.3 Å². The summed E-state index contributed by atoms with van der Waals surface area (Å²) < 4.78 is 5.83. The minimum absolute atomic E-state index is 0.0565. The van der Waals surface area contributed by atoms with Crippen LogP contribution >= 0.6 is 0 Å². The molecule has 1 aliphatic carbocycles. The molecule has 1 aromatic carbocycles. The Morgan fingerprint density at radius 2 is 2.04 bits per heavy atom. The van der Waals surface area contributed by atoms with Crippen LogP contribution in [-0.2, 0) is 18.3 Å². The van der Waals surface area contributed by atoms with Crippen LogP contribution < -0.4 is 4.90 Å². The molecule has 3 aromatic rings. The average Bonchev–Trinajstić information content (AvgIpc) is 3.34. The minimum Gasteiger partial charge on any atom is -0.408 e. The third kappa shape index (κ3) is 2.80. The highest BCUT2D eigenvalue weighted by molar-refractivity contribution is 5.56. The van der Waals surface area contributed by atoms with Gasteiger partial charge in [0.1, 0.15) is 0 Å². The van der Waals surface area contributed by atoms with Gasteiger partial charge in [-0.1, -0.05) is 42.4 Å². The highest BCUT2D eigenvalue weighted by Gasteiger charge is 2.44. The first-order valence-electron chi connectivity index (χ1n) is 9.76. The van der Waals surface area contributed by atoms with E-state index in [1.807, 2.05) is 31.3 Å². The molecule has 0 radical (unpaired) electrons. The molecule has 27 heavy (non-hydrogen) atoms. The van der Waals surface area contributed by atoms with Gasteiger partial charge < -0.3 is 9.32 Å². The molecule has 0 amide bonds. The Bertz CT molecular complexity index is 950. The number of aryl methyl sites for hydroxylation is 2. The zero-order valence-corrected chi connectivity index (χ0v) is 15.6. The van der Waals surface area contributed by atoms with Gasteiger partial charge in [0.2, 0.25) is 5.89 Å². The lowest BCUT2D eigenvalue weighted by Crippen LogP contribution is -2.45. The van der Waals surface area contributed by atoms with Gasteiger partial charge in [0.15, 0.2) is 5.82 Å². The molecule has 3 heterocycles. The van der Waals surface area contributed by atoms with Gasteiger partial charge in [-0.25, -0.2) is 9.97 Å². The van der Waals surface area contributed by atoms with E-state index in [2.05, 4.69) is 32.2 Å². The Morgan fingerprint density at radius 1 is 1.15 bits per heavy atom. The van der Waals surface area contributed by atoms with Crippen molar-refractivity contribution >= 4 is 6.01 Å². The zero-order chi connectivity index (χ0) is 18.3. The number of nitrogens with zero attached hydrogens (tertiary/aromatic N) is 5. The fourth-order valence-electron chi connectivity index (χ4n) is 4.48. The van der Waals surface area contributed by atoms with Gasteiger partial charge >= 0.3 is 6.01 Å². The quantitative estimate of drug-likeness (QED) is 0.710. The first-order chi connectivity index (χ1) is 13.3. The topological polar surface area (TPSA) is 67.9 Å². The first kappa shape index (κ1) is 16.4. The monoisotopic (exact) mass is 361 g/mol. The molecular formula is C21H23N5O. The minimum atomic E-state index is 0.0565. The van der Waals surface area contributed by atoms with Gasteiger partial charge in [-0.05, 0) is 31.2 Å². The van der Waals surface area contributed by atoms with Crippen LogP contribution in [0.15, 0.2) is 40.9 Å². The maximum absolute atomic E-state index is 5.83. The van der Waals surface area contributed by atoms with E-state index in [0.29, 0.717) is 11.9 Å². The van der Waals surface area contributed by atoms with Crippen molar-refractivity contribution in [1.82, 2.24) is 20.2 Å². The summed E-state index contributed by atoms with van der Waals surface area (Å²) in [7, 11) is 0. The summed E-state index contributed by atoms with van der Waals surface area (Å²) in [6.45, 7) is 3.87. The van der Waals surface area contributed by atoms with E-state index in [1.54, 1.807) is 0 Å². The highest BCUT2D eigenvalue weighted by Crippen LogP contribution is 2.45. The smallest absolute Gasteiger partial charge is 0.318 e. The Balaban J connectivity index is 1.49. The van der Waals surface area contributed by atoms with Crippen molar-refractivity contribution in [3.63, 3.8) is 0 Å². The number of aromatic nitrogens is 4. The van der Waals surface area contributed by atoms with E-state index < -0.39 is 0 Å². The summed E-state index contributed by atoms with van der Waals surface area (Å²) in [6, 6.07) is 10.9. The molecule has 138 valence electrons. The van der Waals surface area contributed by atoms with Crippen molar-refractivity contribution in [3.05, 3.63) is 53.7 Å². The number of rotatable bonds is 3. The normalized spacial score (nSPS) is 21.6. The standard InChI is InChI=1S/C21H23N5O/c1-2-17-24-25-20(27-17)26-12-6-10-21(14-26)11-9-16-13-22-19(23-18(16)21)15-7-4-3-5-8-15/h3-5,7-8,13H,2,6,9-12,14H2,1H3. The molecule has 1 fully saturated rings. The largest absolute Gasteiger partial charge is 0.408 e. The van der Waals surface area contributed by atoms with Gasteiger partial charge in [0.05, 0.1) is 5.69 Å². The van der Waals surface area contributed by atoms with Gasteiger partial charge in [0, 0.05) is 36.7 Å². The summed E-state index contributed by atoms with van der Waals surface area (Å²) in [4.78, 5) is 11.9. The van der Waals surface area contributed by atoms with Crippen molar-refractivity contribution in [3.8, 4) is 11.4 Å². The molecule has 1 aliphatic heterocycles. The van der Waals surface area contributed by atoms with Crippen molar-refractivity contribution in [2.75, 3.05) is 18.0 Å². The van der Waals surface area contributed by atoms with Crippen molar-refractivity contribution in [2.24, 2.45) is 0 Å². The lowest BCUT2D eigenvalue weighted by Gasteiger charge is -2.39. The van der Waals surface area contributed by atoms with Gasteiger partial charge in [-0.2, -0.15) is 0 Å². The Morgan fingerprint density at radius 3 is 2.85 bits per heavy atom. The molecule has 6 nitrogen and oxygen atoms in total. The summed E-state index contributed by atoms with van der Waals surface area (Å²) in [6.07, 6.45) is 7.20. The van der Waals surface area contributed by atoms with Crippen LogP contribution in [0.3, 0.4) is 0 Å². The fraction of sp³-hybridized carbons (Fsp3) is 0.429. The maximum Gasteiger partial charge on any atom is 0.318 e. The van der Waals surface area contributed by atoms with Crippen LogP contribution in [0.5, 0.6) is 0 Å². The predicted molar refractivity (Wildman–Crippen MR) is 103 cm³/mol. The summed E-state index contributed by atoms with van der Waals surface area (Å²) in [5, 5.41) is 8.40. The maximum atomic E-state index is 5.83. The highest BCUT2D eigenvalue weighted by atomic mass is 16.4. The second-order valence-corrected chi connectivity index (χ2v) is 7.57. The van der Waals surface area contributed by atoms with E-state index in [9.17, 15) is 0 Å². The molecule has 2 aromatic heterocycles. The molecule has 0 saturated carbocycles. The number of benzene rings is 1. The number of piperidine rings is 1. The third-order valence-electron chi connectivity index (χ3n) is 5.88. The molecule has 1 atom stereocenters. The van der Waals surface area contributed by atoms with Gasteiger partial charge in [-0.3, -0.25) is 0 Å². The Labute approximate surface area is 158 Å². The molecule has 0 N–H and O–H groups in total. The Hall–Kier alpha value is -2.76. The molecule has 1 unspecified atom stereocenters. The van der Waals surface area contributed by atoms with Crippen LogP contribution in [0.2, 0.25) is 0 Å². The van der Waals surface area contributed by atoms with Crippen molar-refractivity contribution in [1.29, 1.82) is 0 Å². The second kappa shape index (κ2) is 6.44. The van der Waals surface area contributed by atoms with E-state index in [4.69, 9.17) is 9.40 Å². The van der Waals surface area contributed by atoms with Crippen molar-refractivity contribution in [2.45, 2.75) is 44.4 Å². The number of anilines is 1. The molecular weight excluding hydrogens is 338 g/mol. The second-order valence-electron chi connectivity index (χ2n) is 7.57. The van der Waals surface area contributed by atoms with Gasteiger partial charge in [0.25, 0.3) is 0 Å². The lowest BCUT2D eigenvalue weighted by atomic mass is 9.77. The van der Waals surface area contributed by atoms with E-state index in [-0.39, 0.29) is 5.41 Å². The fourth-order valence-corrected chi connectivity index (χ4v) is 4.48.